The molecule has 0 spiro atoms. The zero-order valence-electron chi connectivity index (χ0n) is 27.3. The molecule has 5 nitrogen and oxygen atoms in total. The molecular weight excluding hydrogens is 587 g/mol. The first kappa shape index (κ1) is 30.9. The standard InChI is InChI=1S/C40H45N3O2S/c1-39(2,3)28-38-41-36-27-35(21-22-37(36)43(38)29-30-19-20-30)46(44,45)34-23-25-42(26-24-34)40(31-13-7-4-8-14-31,32-15-9-5-10-16-32)33-17-11-6-12-18-33/h4-18,21-22,27,30,34H,19-20,23-26,28-29H2,1-3H3. The maximum Gasteiger partial charge on any atom is 0.181 e. The van der Waals surface area contributed by atoms with Crippen LogP contribution in [0.25, 0.3) is 11.0 Å². The number of rotatable bonds is 9. The first-order chi connectivity index (χ1) is 22.2. The van der Waals surface area contributed by atoms with E-state index in [1.54, 1.807) is 0 Å². The van der Waals surface area contributed by atoms with Crippen molar-refractivity contribution in [3.8, 4) is 0 Å². The molecule has 7 rings (SSSR count). The van der Waals surface area contributed by atoms with Crippen LogP contribution in [0.2, 0.25) is 0 Å². The molecular formula is C40H45N3O2S. The highest BCUT2D eigenvalue weighted by Crippen LogP contribution is 2.44. The molecule has 1 saturated heterocycles. The number of fused-ring (bicyclic) bond motifs is 1. The highest BCUT2D eigenvalue weighted by atomic mass is 32.2. The van der Waals surface area contributed by atoms with Crippen molar-refractivity contribution in [3.05, 3.63) is 132 Å². The van der Waals surface area contributed by atoms with Gasteiger partial charge in [-0.3, -0.25) is 4.90 Å². The maximum absolute atomic E-state index is 14.3. The van der Waals surface area contributed by atoms with Gasteiger partial charge in [-0.05, 0) is 71.9 Å². The van der Waals surface area contributed by atoms with Crippen molar-refractivity contribution in [2.75, 3.05) is 13.1 Å². The first-order valence-corrected chi connectivity index (χ1v) is 18.4. The minimum absolute atomic E-state index is 0.0972. The average molecular weight is 632 g/mol. The van der Waals surface area contributed by atoms with Gasteiger partial charge in [0.25, 0.3) is 0 Å². The molecule has 6 heteroatoms. The van der Waals surface area contributed by atoms with Crippen molar-refractivity contribution in [3.63, 3.8) is 0 Å². The van der Waals surface area contributed by atoms with Crippen LogP contribution in [0.1, 0.15) is 69.0 Å². The second-order valence-corrected chi connectivity index (χ2v) is 16.7. The van der Waals surface area contributed by atoms with E-state index in [0.717, 1.165) is 29.8 Å². The van der Waals surface area contributed by atoms with Gasteiger partial charge < -0.3 is 4.57 Å². The van der Waals surface area contributed by atoms with Gasteiger partial charge >= 0.3 is 0 Å². The molecule has 0 atom stereocenters. The first-order valence-electron chi connectivity index (χ1n) is 16.8. The summed E-state index contributed by atoms with van der Waals surface area (Å²) in [6.07, 6.45) is 4.53. The lowest BCUT2D eigenvalue weighted by molar-refractivity contribution is 0.129. The molecule has 0 N–H and O–H groups in total. The fourth-order valence-corrected chi connectivity index (χ4v) is 9.24. The topological polar surface area (TPSA) is 55.2 Å². The van der Waals surface area contributed by atoms with E-state index in [-0.39, 0.29) is 5.41 Å². The summed E-state index contributed by atoms with van der Waals surface area (Å²) < 4.78 is 30.9. The third kappa shape index (κ3) is 5.82. The van der Waals surface area contributed by atoms with Crippen LogP contribution in [0.3, 0.4) is 0 Å². The minimum atomic E-state index is -3.54. The smallest absolute Gasteiger partial charge is 0.181 e. The van der Waals surface area contributed by atoms with Crippen LogP contribution >= 0.6 is 0 Å². The molecule has 1 aromatic heterocycles. The summed E-state index contributed by atoms with van der Waals surface area (Å²) in [5, 5.41) is -0.441. The molecule has 1 aliphatic heterocycles. The summed E-state index contributed by atoms with van der Waals surface area (Å²) in [6, 6.07) is 37.7. The fourth-order valence-electron chi connectivity index (χ4n) is 7.49. The molecule has 0 radical (unpaired) electrons. The molecule has 0 bridgehead atoms. The Hall–Kier alpha value is -3.74. The summed E-state index contributed by atoms with van der Waals surface area (Å²) >= 11 is 0. The molecule has 1 saturated carbocycles. The molecule has 1 aliphatic carbocycles. The number of aromatic nitrogens is 2. The number of imidazole rings is 1. The van der Waals surface area contributed by atoms with Gasteiger partial charge in [-0.25, -0.2) is 13.4 Å². The Morgan fingerprint density at radius 1 is 0.717 bits per heavy atom. The van der Waals surface area contributed by atoms with Gasteiger partial charge in [-0.1, -0.05) is 112 Å². The van der Waals surface area contributed by atoms with Crippen molar-refractivity contribution in [1.29, 1.82) is 0 Å². The van der Waals surface area contributed by atoms with E-state index in [1.807, 2.05) is 18.2 Å². The van der Waals surface area contributed by atoms with Crippen molar-refractivity contribution in [1.82, 2.24) is 14.5 Å². The van der Waals surface area contributed by atoms with Crippen LogP contribution in [-0.2, 0) is 28.3 Å². The molecule has 46 heavy (non-hydrogen) atoms. The second kappa shape index (κ2) is 12.1. The van der Waals surface area contributed by atoms with E-state index in [1.165, 1.54) is 29.5 Å². The van der Waals surface area contributed by atoms with Crippen molar-refractivity contribution < 1.29 is 8.42 Å². The zero-order valence-corrected chi connectivity index (χ0v) is 28.1. The van der Waals surface area contributed by atoms with Gasteiger partial charge in [0, 0.05) is 26.1 Å². The lowest BCUT2D eigenvalue weighted by Gasteiger charge is -2.48. The third-order valence-corrected chi connectivity index (χ3v) is 12.1. The Kier molecular flexibility index (Phi) is 8.14. The average Bonchev–Trinajstić information content (AvgIpc) is 3.83. The van der Waals surface area contributed by atoms with E-state index in [9.17, 15) is 8.42 Å². The predicted octanol–water partition coefficient (Wildman–Crippen LogP) is 8.27. The molecule has 4 aromatic carbocycles. The van der Waals surface area contributed by atoms with Crippen LogP contribution in [0.15, 0.2) is 114 Å². The van der Waals surface area contributed by atoms with Crippen molar-refractivity contribution in [2.24, 2.45) is 11.3 Å². The highest BCUT2D eigenvalue weighted by molar-refractivity contribution is 7.92. The number of nitrogens with zero attached hydrogens (tertiary/aromatic N) is 3. The lowest BCUT2D eigenvalue weighted by atomic mass is 9.75. The van der Waals surface area contributed by atoms with Crippen LogP contribution in [0.4, 0.5) is 0 Å². The van der Waals surface area contributed by atoms with E-state index in [2.05, 4.69) is 121 Å². The number of benzene rings is 4. The van der Waals surface area contributed by atoms with Crippen molar-refractivity contribution >= 4 is 20.9 Å². The maximum atomic E-state index is 14.3. The van der Waals surface area contributed by atoms with Crippen LogP contribution in [-0.4, -0.2) is 41.2 Å². The van der Waals surface area contributed by atoms with Gasteiger partial charge in [-0.15, -0.1) is 0 Å². The second-order valence-electron chi connectivity index (χ2n) is 14.5. The summed E-state index contributed by atoms with van der Waals surface area (Å²) in [6.45, 7) is 9.00. The van der Waals surface area contributed by atoms with Gasteiger partial charge in [0.2, 0.25) is 0 Å². The Morgan fingerprint density at radius 3 is 1.72 bits per heavy atom. The Labute approximate surface area is 274 Å². The monoisotopic (exact) mass is 631 g/mol. The largest absolute Gasteiger partial charge is 0.328 e. The third-order valence-electron chi connectivity index (χ3n) is 9.88. The number of hydrogen-bond donors (Lipinski definition) is 0. The van der Waals surface area contributed by atoms with Gasteiger partial charge in [-0.2, -0.15) is 0 Å². The summed E-state index contributed by atoms with van der Waals surface area (Å²) in [7, 11) is -3.54. The van der Waals surface area contributed by atoms with Gasteiger partial charge in [0.1, 0.15) is 5.82 Å². The molecule has 2 aliphatic rings. The Morgan fingerprint density at radius 2 is 1.24 bits per heavy atom. The van der Waals surface area contributed by atoms with E-state index in [0.29, 0.717) is 36.7 Å². The van der Waals surface area contributed by atoms with Crippen molar-refractivity contribution in [2.45, 2.75) is 75.1 Å². The molecule has 0 amide bonds. The minimum Gasteiger partial charge on any atom is -0.328 e. The van der Waals surface area contributed by atoms with E-state index >= 15 is 0 Å². The van der Waals surface area contributed by atoms with Crippen LogP contribution < -0.4 is 0 Å². The number of hydrogen-bond acceptors (Lipinski definition) is 4. The SMILES string of the molecule is CC(C)(C)Cc1nc2cc(S(=O)(=O)C3CCN(C(c4ccccc4)(c4ccccc4)c4ccccc4)CC3)ccc2n1CC1CC1. The van der Waals surface area contributed by atoms with E-state index in [4.69, 9.17) is 4.98 Å². The quantitative estimate of drug-likeness (QED) is 0.154. The summed E-state index contributed by atoms with van der Waals surface area (Å²) in [5.41, 5.74) is 4.98. The molecule has 5 aromatic rings. The number of piperidine rings is 1. The molecule has 0 unspecified atom stereocenters. The molecule has 238 valence electrons. The highest BCUT2D eigenvalue weighted by Gasteiger charge is 2.45. The number of sulfone groups is 1. The van der Waals surface area contributed by atoms with Gasteiger partial charge in [0.05, 0.1) is 26.7 Å². The van der Waals surface area contributed by atoms with Gasteiger partial charge in [0.15, 0.2) is 9.84 Å². The van der Waals surface area contributed by atoms with E-state index < -0.39 is 20.6 Å². The number of likely N-dealkylation sites (tertiary alicyclic amines) is 1. The summed E-state index contributed by atoms with van der Waals surface area (Å²) in [4.78, 5) is 7.93. The van der Waals surface area contributed by atoms with Crippen LogP contribution in [0.5, 0.6) is 0 Å². The normalized spacial score (nSPS) is 17.0. The Balaban J connectivity index is 1.21. The fraction of sp³-hybridized carbons (Fsp3) is 0.375. The Bertz CT molecular complexity index is 1800. The summed E-state index contributed by atoms with van der Waals surface area (Å²) in [5.74, 6) is 1.77. The molecule has 2 fully saturated rings. The van der Waals surface area contributed by atoms with Crippen LogP contribution in [0, 0.1) is 11.3 Å². The lowest BCUT2D eigenvalue weighted by Crippen LogP contribution is -2.52. The molecule has 2 heterocycles. The zero-order chi connectivity index (χ0) is 31.9. The predicted molar refractivity (Wildman–Crippen MR) is 187 cm³/mol.